The lowest BCUT2D eigenvalue weighted by Gasteiger charge is -2.36. The van der Waals surface area contributed by atoms with Crippen LogP contribution in [0.25, 0.3) is 0 Å². The maximum atomic E-state index is 12.7. The molecule has 1 amide bonds. The molecule has 1 saturated heterocycles. The number of piperazine rings is 1. The Morgan fingerprint density at radius 3 is 2.57 bits per heavy atom. The number of guanidine groups is 1. The summed E-state index contributed by atoms with van der Waals surface area (Å²) in [7, 11) is 2.11. The first-order chi connectivity index (χ1) is 10.2. The quantitative estimate of drug-likeness (QED) is 0.787. The Labute approximate surface area is 129 Å². The van der Waals surface area contributed by atoms with Gasteiger partial charge >= 0.3 is 0 Å². The zero-order valence-corrected chi connectivity index (χ0v) is 12.9. The van der Waals surface area contributed by atoms with E-state index in [4.69, 9.17) is 11.6 Å². The van der Waals surface area contributed by atoms with E-state index in [9.17, 15) is 4.79 Å². The summed E-state index contributed by atoms with van der Waals surface area (Å²) < 4.78 is 0. The Balaban J connectivity index is 1.78. The van der Waals surface area contributed by atoms with Crippen LogP contribution in [0.4, 0.5) is 0 Å². The Kier molecular flexibility index (Phi) is 4.12. The average Bonchev–Trinajstić information content (AvgIpc) is 2.97. The van der Waals surface area contributed by atoms with Gasteiger partial charge in [0.2, 0.25) is 5.96 Å². The second-order valence-corrected chi connectivity index (χ2v) is 5.82. The van der Waals surface area contributed by atoms with E-state index in [0.717, 1.165) is 32.1 Å². The third-order valence-corrected chi connectivity index (χ3v) is 4.28. The van der Waals surface area contributed by atoms with Gasteiger partial charge in [0.15, 0.2) is 0 Å². The Morgan fingerprint density at radius 2 is 1.86 bits per heavy atom. The lowest BCUT2D eigenvalue weighted by atomic mass is 10.2. The smallest absolute Gasteiger partial charge is 0.262 e. The molecule has 1 aromatic carbocycles. The molecular weight excluding hydrogens is 288 g/mol. The molecule has 0 unspecified atom stereocenters. The molecule has 2 aliphatic rings. The van der Waals surface area contributed by atoms with Crippen LogP contribution in [0.15, 0.2) is 29.3 Å². The molecule has 0 bridgehead atoms. The lowest BCUT2D eigenvalue weighted by molar-refractivity contribution is 0.0836. The number of carbonyl (C=O) groups is 1. The number of aliphatic imine (C=N–C) groups is 1. The first-order valence-electron chi connectivity index (χ1n) is 7.21. The van der Waals surface area contributed by atoms with Crippen molar-refractivity contribution >= 4 is 23.5 Å². The predicted molar refractivity (Wildman–Crippen MR) is 83.9 cm³/mol. The maximum Gasteiger partial charge on any atom is 0.262 e. The minimum atomic E-state index is -0.0595. The maximum absolute atomic E-state index is 12.7. The van der Waals surface area contributed by atoms with Gasteiger partial charge in [-0.25, -0.2) is 0 Å². The Bertz CT molecular complexity index is 567. The first kappa shape index (κ1) is 14.4. The van der Waals surface area contributed by atoms with Crippen LogP contribution in [-0.4, -0.2) is 72.9 Å². The standard InChI is InChI=1S/C15H19ClN4O/c1-18-8-10-19(11-9-18)15-17-6-7-20(15)14(21)12-4-2-3-5-13(12)16/h2-5H,6-11H2,1H3. The van der Waals surface area contributed by atoms with Crippen LogP contribution in [0.2, 0.25) is 5.02 Å². The van der Waals surface area contributed by atoms with Gasteiger partial charge < -0.3 is 9.80 Å². The minimum Gasteiger partial charge on any atom is -0.340 e. The van der Waals surface area contributed by atoms with Crippen LogP contribution in [0.1, 0.15) is 10.4 Å². The Hall–Kier alpha value is -1.59. The SMILES string of the molecule is CN1CCN(C2=NCCN2C(=O)c2ccccc2Cl)CC1. The molecule has 2 heterocycles. The van der Waals surface area contributed by atoms with Gasteiger partial charge in [-0.1, -0.05) is 23.7 Å². The van der Waals surface area contributed by atoms with E-state index in [1.165, 1.54) is 0 Å². The highest BCUT2D eigenvalue weighted by Gasteiger charge is 2.30. The summed E-state index contributed by atoms with van der Waals surface area (Å²) in [5, 5.41) is 0.493. The van der Waals surface area contributed by atoms with Gasteiger partial charge in [0.05, 0.1) is 17.1 Å². The van der Waals surface area contributed by atoms with E-state index in [2.05, 4.69) is 21.8 Å². The first-order valence-corrected chi connectivity index (χ1v) is 7.59. The van der Waals surface area contributed by atoms with Crippen LogP contribution >= 0.6 is 11.6 Å². The number of hydrogen-bond acceptors (Lipinski definition) is 4. The molecule has 5 nitrogen and oxygen atoms in total. The third kappa shape index (κ3) is 2.89. The highest BCUT2D eigenvalue weighted by molar-refractivity contribution is 6.34. The van der Waals surface area contributed by atoms with E-state index in [1.807, 2.05) is 12.1 Å². The summed E-state index contributed by atoms with van der Waals surface area (Å²) in [6.45, 7) is 5.09. The van der Waals surface area contributed by atoms with Crippen molar-refractivity contribution in [3.63, 3.8) is 0 Å². The van der Waals surface area contributed by atoms with Crippen molar-refractivity contribution in [2.45, 2.75) is 0 Å². The molecule has 2 aliphatic heterocycles. The van der Waals surface area contributed by atoms with Gasteiger partial charge in [0, 0.05) is 32.7 Å². The average molecular weight is 307 g/mol. The van der Waals surface area contributed by atoms with Crippen molar-refractivity contribution in [3.05, 3.63) is 34.9 Å². The summed E-state index contributed by atoms with van der Waals surface area (Å²) in [6, 6.07) is 7.18. The van der Waals surface area contributed by atoms with E-state index < -0.39 is 0 Å². The number of likely N-dealkylation sites (N-methyl/N-ethyl adjacent to an activating group) is 1. The third-order valence-electron chi connectivity index (χ3n) is 3.95. The van der Waals surface area contributed by atoms with Crippen LogP contribution in [0.3, 0.4) is 0 Å². The molecule has 0 atom stereocenters. The largest absolute Gasteiger partial charge is 0.340 e. The fraction of sp³-hybridized carbons (Fsp3) is 0.467. The molecular formula is C15H19ClN4O. The predicted octanol–water partition coefficient (Wildman–Crippen LogP) is 1.40. The van der Waals surface area contributed by atoms with Gasteiger partial charge in [-0.3, -0.25) is 14.7 Å². The summed E-state index contributed by atoms with van der Waals surface area (Å²) in [5.41, 5.74) is 0.544. The lowest BCUT2D eigenvalue weighted by Crippen LogP contribution is -2.52. The number of hydrogen-bond donors (Lipinski definition) is 0. The van der Waals surface area contributed by atoms with E-state index in [1.54, 1.807) is 17.0 Å². The van der Waals surface area contributed by atoms with Crippen molar-refractivity contribution < 1.29 is 4.79 Å². The molecule has 0 aromatic heterocycles. The number of rotatable bonds is 1. The highest BCUT2D eigenvalue weighted by atomic mass is 35.5. The normalized spacial score (nSPS) is 19.8. The molecule has 1 fully saturated rings. The fourth-order valence-electron chi connectivity index (χ4n) is 2.68. The van der Waals surface area contributed by atoms with Crippen molar-refractivity contribution in [1.82, 2.24) is 14.7 Å². The zero-order valence-electron chi connectivity index (χ0n) is 12.1. The molecule has 0 radical (unpaired) electrons. The van der Waals surface area contributed by atoms with E-state index in [-0.39, 0.29) is 5.91 Å². The molecule has 0 spiro atoms. The van der Waals surface area contributed by atoms with Crippen molar-refractivity contribution in [3.8, 4) is 0 Å². The monoisotopic (exact) mass is 306 g/mol. The molecule has 0 N–H and O–H groups in total. The number of nitrogens with zero attached hydrogens (tertiary/aromatic N) is 4. The number of benzene rings is 1. The molecule has 21 heavy (non-hydrogen) atoms. The second kappa shape index (κ2) is 6.03. The van der Waals surface area contributed by atoms with Crippen LogP contribution in [0.5, 0.6) is 0 Å². The van der Waals surface area contributed by atoms with Crippen molar-refractivity contribution in [2.24, 2.45) is 4.99 Å². The topological polar surface area (TPSA) is 39.1 Å². The van der Waals surface area contributed by atoms with Crippen molar-refractivity contribution in [2.75, 3.05) is 46.3 Å². The zero-order chi connectivity index (χ0) is 14.8. The van der Waals surface area contributed by atoms with E-state index in [0.29, 0.717) is 23.7 Å². The van der Waals surface area contributed by atoms with Gasteiger partial charge in [0.25, 0.3) is 5.91 Å². The summed E-state index contributed by atoms with van der Waals surface area (Å²) in [5.74, 6) is 0.740. The van der Waals surface area contributed by atoms with Gasteiger partial charge in [0.1, 0.15) is 0 Å². The highest BCUT2D eigenvalue weighted by Crippen LogP contribution is 2.20. The number of halogens is 1. The van der Waals surface area contributed by atoms with E-state index >= 15 is 0 Å². The van der Waals surface area contributed by atoms with Crippen LogP contribution in [0, 0.1) is 0 Å². The van der Waals surface area contributed by atoms with Gasteiger partial charge in [-0.2, -0.15) is 0 Å². The molecule has 6 heteroatoms. The molecule has 1 aromatic rings. The molecule has 112 valence electrons. The van der Waals surface area contributed by atoms with Crippen molar-refractivity contribution in [1.29, 1.82) is 0 Å². The second-order valence-electron chi connectivity index (χ2n) is 5.41. The minimum absolute atomic E-state index is 0.0595. The van der Waals surface area contributed by atoms with Crippen LogP contribution in [-0.2, 0) is 0 Å². The Morgan fingerprint density at radius 1 is 1.14 bits per heavy atom. The number of carbonyl (C=O) groups excluding carboxylic acids is 1. The van der Waals surface area contributed by atoms with Gasteiger partial charge in [-0.15, -0.1) is 0 Å². The molecule has 3 rings (SSSR count). The van der Waals surface area contributed by atoms with Crippen LogP contribution < -0.4 is 0 Å². The summed E-state index contributed by atoms with van der Waals surface area (Å²) in [4.78, 5) is 23.5. The summed E-state index contributed by atoms with van der Waals surface area (Å²) >= 11 is 6.14. The number of amides is 1. The molecule has 0 aliphatic carbocycles. The molecule has 0 saturated carbocycles. The van der Waals surface area contributed by atoms with Gasteiger partial charge in [-0.05, 0) is 19.2 Å². The summed E-state index contributed by atoms with van der Waals surface area (Å²) in [6.07, 6.45) is 0. The fourth-order valence-corrected chi connectivity index (χ4v) is 2.90.